The van der Waals surface area contributed by atoms with Crippen LogP contribution in [-0.4, -0.2) is 85.1 Å². The first-order chi connectivity index (χ1) is 15.8. The van der Waals surface area contributed by atoms with Gasteiger partial charge in [-0.3, -0.25) is 0 Å². The van der Waals surface area contributed by atoms with E-state index in [1.807, 2.05) is 0 Å². The average molecular weight is 487 g/mol. The van der Waals surface area contributed by atoms with Crippen molar-refractivity contribution in [2.75, 3.05) is 66.8 Å². The smallest absolute Gasteiger partial charge is 0.146 e. The second-order valence-electron chi connectivity index (χ2n) is 7.56. The Hall–Kier alpha value is -0.880. The first-order valence-electron chi connectivity index (χ1n) is 10.9. The first-order valence-corrected chi connectivity index (χ1v) is 12.8. The highest BCUT2D eigenvalue weighted by molar-refractivity contribution is 7.08. The van der Waals surface area contributed by atoms with Crippen molar-refractivity contribution >= 4 is 22.7 Å². The molecule has 2 aromatic heterocycles. The number of thiophene rings is 2. The van der Waals surface area contributed by atoms with Crippen LogP contribution in [0, 0.1) is 0 Å². The van der Waals surface area contributed by atoms with Gasteiger partial charge in [-0.15, -0.1) is 0 Å². The fourth-order valence-electron chi connectivity index (χ4n) is 2.65. The number of ether oxygens (including phenoxy) is 7. The van der Waals surface area contributed by atoms with Gasteiger partial charge in [0.2, 0.25) is 0 Å². The Labute approximate surface area is 198 Å². The third kappa shape index (κ3) is 12.4. The highest BCUT2D eigenvalue weighted by Gasteiger charge is 2.23. The van der Waals surface area contributed by atoms with Gasteiger partial charge in [-0.05, 0) is 57.6 Å². The predicted octanol–water partition coefficient (Wildman–Crippen LogP) is 3.42. The molecule has 2 aromatic rings. The van der Waals surface area contributed by atoms with Gasteiger partial charge < -0.3 is 33.2 Å². The molecule has 0 radical (unpaired) electrons. The maximum absolute atomic E-state index is 5.65. The molecule has 0 N–H and O–H groups in total. The van der Waals surface area contributed by atoms with Crippen LogP contribution >= 0.6 is 22.7 Å². The van der Waals surface area contributed by atoms with Crippen LogP contribution in [-0.2, 0) is 46.0 Å². The van der Waals surface area contributed by atoms with Crippen molar-refractivity contribution in [3.05, 3.63) is 44.8 Å². The van der Waals surface area contributed by atoms with E-state index >= 15 is 0 Å². The maximum atomic E-state index is 5.65. The molecule has 0 bridgehead atoms. The Morgan fingerprint density at radius 2 is 1.44 bits per heavy atom. The topological polar surface area (TPSA) is 71.2 Å². The summed E-state index contributed by atoms with van der Waals surface area (Å²) in [5.74, 6) is 0. The van der Waals surface area contributed by atoms with Crippen LogP contribution in [0.25, 0.3) is 0 Å². The van der Waals surface area contributed by atoms with E-state index in [0.29, 0.717) is 32.5 Å². The lowest BCUT2D eigenvalue weighted by atomic mass is 10.2. The zero-order valence-electron chi connectivity index (χ0n) is 18.6. The zero-order chi connectivity index (χ0) is 22.3. The number of methoxy groups -OCH3 is 1. The lowest BCUT2D eigenvalue weighted by Crippen LogP contribution is -2.27. The quantitative estimate of drug-likeness (QED) is 0.193. The number of epoxide rings is 2. The molecule has 3 atom stereocenters. The van der Waals surface area contributed by atoms with Crippen LogP contribution in [0.3, 0.4) is 0 Å². The molecule has 2 fully saturated rings. The molecular weight excluding hydrogens is 452 g/mol. The molecule has 0 spiro atoms. The van der Waals surface area contributed by atoms with Gasteiger partial charge in [0, 0.05) is 7.11 Å². The third-order valence-electron chi connectivity index (χ3n) is 4.67. The van der Waals surface area contributed by atoms with Gasteiger partial charge in [-0.1, -0.05) is 0 Å². The molecule has 180 valence electrons. The van der Waals surface area contributed by atoms with Gasteiger partial charge in [0.1, 0.15) is 25.1 Å². The minimum absolute atomic E-state index is 0.101. The summed E-state index contributed by atoms with van der Waals surface area (Å²) in [7, 11) is 1.60. The molecular formula is C23H34O7S2. The second kappa shape index (κ2) is 15.9. The van der Waals surface area contributed by atoms with Gasteiger partial charge in [-0.25, -0.2) is 0 Å². The van der Waals surface area contributed by atoms with Gasteiger partial charge in [0.15, 0.2) is 0 Å². The summed E-state index contributed by atoms with van der Waals surface area (Å²) < 4.78 is 37.2. The largest absolute Gasteiger partial charge is 0.378 e. The highest BCUT2D eigenvalue weighted by Crippen LogP contribution is 2.11. The molecule has 9 heteroatoms. The number of rotatable bonds is 17. The summed E-state index contributed by atoms with van der Waals surface area (Å²) in [5, 5.41) is 8.48. The molecule has 0 amide bonds. The number of hydrogen-bond donors (Lipinski definition) is 0. The molecule has 3 unspecified atom stereocenters. The monoisotopic (exact) mass is 486 g/mol. The van der Waals surface area contributed by atoms with Crippen molar-refractivity contribution in [2.24, 2.45) is 0 Å². The Kier molecular flexibility index (Phi) is 12.8. The summed E-state index contributed by atoms with van der Waals surface area (Å²) in [6.07, 6.45) is 2.52. The second-order valence-corrected chi connectivity index (χ2v) is 9.12. The van der Waals surface area contributed by atoms with Crippen LogP contribution in [0.5, 0.6) is 0 Å². The summed E-state index contributed by atoms with van der Waals surface area (Å²) >= 11 is 3.44. The fraction of sp³-hybridized carbons (Fsp3) is 0.652. The Bertz CT molecular complexity index is 673. The molecule has 0 saturated carbocycles. The molecule has 7 nitrogen and oxygen atoms in total. The molecule has 0 aliphatic carbocycles. The molecule has 2 aliphatic rings. The Morgan fingerprint density at radius 3 is 1.97 bits per heavy atom. The molecule has 2 aliphatic heterocycles. The standard InChI is InChI=1S/C14H22O5S.C9H12O2S/c1-15-11-19-13(7-17-8-14-9-18-14)6-16-4-2-12-3-5-20-10-12;1(8-2-4-12-7-8)3-10-5-9-6-11-9/h3,5,10,13-14H,2,4,6-9,11H2,1H3;2,4,7,9H,1,3,5-6H2. The van der Waals surface area contributed by atoms with E-state index in [2.05, 4.69) is 33.7 Å². The van der Waals surface area contributed by atoms with Gasteiger partial charge in [-0.2, -0.15) is 22.7 Å². The van der Waals surface area contributed by atoms with Crippen LogP contribution in [0.2, 0.25) is 0 Å². The van der Waals surface area contributed by atoms with Crippen LogP contribution in [0.4, 0.5) is 0 Å². The van der Waals surface area contributed by atoms with Crippen molar-refractivity contribution < 1.29 is 33.2 Å². The SMILES string of the molecule is COCOC(COCCc1ccsc1)COCC1CO1.c1cc(CCOCC2CO2)cs1. The lowest BCUT2D eigenvalue weighted by molar-refractivity contribution is -0.120. The average Bonchev–Trinajstić information content (AvgIpc) is 3.70. The van der Waals surface area contributed by atoms with Crippen LogP contribution in [0.15, 0.2) is 33.7 Å². The summed E-state index contributed by atoms with van der Waals surface area (Å²) in [6.45, 7) is 5.86. The van der Waals surface area contributed by atoms with E-state index in [4.69, 9.17) is 33.2 Å². The maximum Gasteiger partial charge on any atom is 0.146 e. The number of hydrogen-bond acceptors (Lipinski definition) is 9. The van der Waals surface area contributed by atoms with Gasteiger partial charge >= 0.3 is 0 Å². The predicted molar refractivity (Wildman–Crippen MR) is 125 cm³/mol. The first kappa shape index (κ1) is 25.7. The minimum atomic E-state index is -0.101. The summed E-state index contributed by atoms with van der Waals surface area (Å²) in [5.41, 5.74) is 2.68. The van der Waals surface area contributed by atoms with E-state index in [-0.39, 0.29) is 19.0 Å². The minimum Gasteiger partial charge on any atom is -0.378 e. The van der Waals surface area contributed by atoms with Gasteiger partial charge in [0.05, 0.1) is 52.9 Å². The van der Waals surface area contributed by atoms with Crippen molar-refractivity contribution in [1.82, 2.24) is 0 Å². The van der Waals surface area contributed by atoms with Crippen molar-refractivity contribution in [1.29, 1.82) is 0 Å². The fourth-order valence-corrected chi connectivity index (χ4v) is 4.05. The van der Waals surface area contributed by atoms with Crippen molar-refractivity contribution in [2.45, 2.75) is 31.2 Å². The molecule has 4 heterocycles. The Morgan fingerprint density at radius 1 is 0.875 bits per heavy atom. The summed E-state index contributed by atoms with van der Waals surface area (Å²) in [4.78, 5) is 0. The molecule has 4 rings (SSSR count). The van der Waals surface area contributed by atoms with Crippen LogP contribution in [0.1, 0.15) is 11.1 Å². The van der Waals surface area contributed by atoms with Crippen molar-refractivity contribution in [3.63, 3.8) is 0 Å². The van der Waals surface area contributed by atoms with E-state index in [9.17, 15) is 0 Å². The molecule has 2 saturated heterocycles. The van der Waals surface area contributed by atoms with Crippen molar-refractivity contribution in [3.8, 4) is 0 Å². The van der Waals surface area contributed by atoms with E-state index in [0.717, 1.165) is 39.3 Å². The summed E-state index contributed by atoms with van der Waals surface area (Å²) in [6, 6.07) is 4.26. The van der Waals surface area contributed by atoms with Gasteiger partial charge in [0.25, 0.3) is 0 Å². The Balaban J connectivity index is 0.000000204. The molecule has 0 aromatic carbocycles. The van der Waals surface area contributed by atoms with E-state index in [1.54, 1.807) is 29.8 Å². The zero-order valence-corrected chi connectivity index (χ0v) is 20.3. The van der Waals surface area contributed by atoms with E-state index < -0.39 is 0 Å². The third-order valence-corrected chi connectivity index (χ3v) is 6.14. The van der Waals surface area contributed by atoms with Crippen LogP contribution < -0.4 is 0 Å². The highest BCUT2D eigenvalue weighted by atomic mass is 32.1. The lowest BCUT2D eigenvalue weighted by Gasteiger charge is -2.17. The van der Waals surface area contributed by atoms with E-state index in [1.165, 1.54) is 11.1 Å². The normalized spacial score (nSPS) is 19.9. The molecule has 32 heavy (non-hydrogen) atoms.